The fraction of sp³-hybridized carbons (Fsp3) is 0. The molecule has 0 atom stereocenters. The molecule has 0 unspecified atom stereocenters. The Kier molecular flexibility index (Phi) is 4.17. The van der Waals surface area contributed by atoms with Crippen molar-refractivity contribution in [2.75, 3.05) is 4.81 Å². The molecule has 3 heteroatoms. The predicted molar refractivity (Wildman–Crippen MR) is 164 cm³/mol. The summed E-state index contributed by atoms with van der Waals surface area (Å²) in [5.41, 5.74) is 14.4. The summed E-state index contributed by atoms with van der Waals surface area (Å²) in [4.78, 5) is 2.58. The first-order chi connectivity index (χ1) is 19.4. The van der Waals surface area contributed by atoms with Gasteiger partial charge in [0.05, 0.1) is 0 Å². The van der Waals surface area contributed by atoms with Gasteiger partial charge in [0.2, 0.25) is 0 Å². The number of furan rings is 1. The smallest absolute Gasteiger partial charge is 0.329 e. The zero-order valence-electron chi connectivity index (χ0n) is 21.1. The molecule has 180 valence electrons. The topological polar surface area (TPSA) is 16.4 Å². The molecule has 6 aromatic carbocycles. The Morgan fingerprint density at radius 2 is 0.974 bits per heavy atom. The molecule has 0 bridgehead atoms. The molecule has 0 amide bonds. The fourth-order valence-electron chi connectivity index (χ4n) is 6.90. The third kappa shape index (κ3) is 2.77. The van der Waals surface area contributed by atoms with E-state index in [9.17, 15) is 0 Å². The van der Waals surface area contributed by atoms with Gasteiger partial charge in [-0.2, -0.15) is 0 Å². The van der Waals surface area contributed by atoms with Crippen LogP contribution in [0.1, 0.15) is 0 Å². The summed E-state index contributed by atoms with van der Waals surface area (Å²) in [5.74, 6) is 0. The lowest BCUT2D eigenvalue weighted by molar-refractivity contribution is 0.670. The number of fused-ring (bicyclic) bond motifs is 14. The van der Waals surface area contributed by atoms with Crippen LogP contribution in [0.2, 0.25) is 0 Å². The van der Waals surface area contributed by atoms with E-state index in [0.717, 1.165) is 27.5 Å². The average Bonchev–Trinajstić information content (AvgIpc) is 3.39. The van der Waals surface area contributed by atoms with Gasteiger partial charge in [-0.05, 0) is 34.2 Å². The molecule has 9 rings (SSSR count). The lowest BCUT2D eigenvalue weighted by Gasteiger charge is -2.44. The lowest BCUT2D eigenvalue weighted by atomic mass is 9.43. The number of anilines is 2. The minimum atomic E-state index is 0.0795. The van der Waals surface area contributed by atoms with Gasteiger partial charge in [-0.3, -0.25) is 0 Å². The maximum Gasteiger partial charge on any atom is 0.329 e. The van der Waals surface area contributed by atoms with E-state index in [1.807, 2.05) is 6.07 Å². The highest BCUT2D eigenvalue weighted by Crippen LogP contribution is 2.50. The molecule has 0 radical (unpaired) electrons. The largest absolute Gasteiger partial charge is 0.455 e. The lowest BCUT2D eigenvalue weighted by Crippen LogP contribution is -2.59. The van der Waals surface area contributed by atoms with Gasteiger partial charge in [-0.1, -0.05) is 121 Å². The molecule has 0 aliphatic carbocycles. The Balaban J connectivity index is 1.42. The maximum atomic E-state index is 6.54. The molecule has 2 aliphatic rings. The zero-order valence-corrected chi connectivity index (χ0v) is 21.1. The molecule has 2 nitrogen and oxygen atoms in total. The molecule has 3 heterocycles. The second kappa shape index (κ2) is 7.75. The van der Waals surface area contributed by atoms with Crippen molar-refractivity contribution in [3.63, 3.8) is 0 Å². The van der Waals surface area contributed by atoms with E-state index in [0.29, 0.717) is 0 Å². The van der Waals surface area contributed by atoms with Crippen LogP contribution in [0.15, 0.2) is 138 Å². The fourth-order valence-corrected chi connectivity index (χ4v) is 6.90. The zero-order chi connectivity index (χ0) is 25.5. The van der Waals surface area contributed by atoms with Crippen LogP contribution in [0.5, 0.6) is 0 Å². The Labute approximate surface area is 226 Å². The second-order valence-electron chi connectivity index (χ2n) is 10.4. The van der Waals surface area contributed by atoms with Gasteiger partial charge >= 0.3 is 6.85 Å². The van der Waals surface area contributed by atoms with Gasteiger partial charge in [0, 0.05) is 44.4 Å². The van der Waals surface area contributed by atoms with Gasteiger partial charge in [0.25, 0.3) is 0 Å². The summed E-state index contributed by atoms with van der Waals surface area (Å²) in [6.45, 7) is 0.0795. The van der Waals surface area contributed by atoms with Crippen LogP contribution in [0.25, 0.3) is 55.3 Å². The highest BCUT2D eigenvalue weighted by molar-refractivity contribution is 6.92. The highest BCUT2D eigenvalue weighted by Gasteiger charge is 2.43. The third-order valence-corrected chi connectivity index (χ3v) is 8.48. The van der Waals surface area contributed by atoms with Crippen LogP contribution in [0.4, 0.5) is 11.4 Å². The van der Waals surface area contributed by atoms with E-state index in [2.05, 4.69) is 132 Å². The van der Waals surface area contributed by atoms with Crippen LogP contribution >= 0.6 is 0 Å². The number of benzene rings is 6. The molecule has 0 N–H and O–H groups in total. The summed E-state index contributed by atoms with van der Waals surface area (Å²) in [6, 6.07) is 48.2. The summed E-state index contributed by atoms with van der Waals surface area (Å²) < 4.78 is 6.54. The average molecular weight is 495 g/mol. The van der Waals surface area contributed by atoms with Crippen molar-refractivity contribution in [1.82, 2.24) is 0 Å². The van der Waals surface area contributed by atoms with Gasteiger partial charge in [0.15, 0.2) is 0 Å². The standard InChI is InChI=1S/C36H22BNO/c1-5-19-31-23(11-1)25-13-3-7-21-33(25)38-35-27(24-12-2-6-20-32(24)37(31)38)15-9-16-28(35)30-18-10-17-29-26-14-4-8-22-34(26)39-36(29)30/h1-22H. The van der Waals surface area contributed by atoms with E-state index in [1.165, 1.54) is 50.1 Å². The monoisotopic (exact) mass is 495 g/mol. The summed E-state index contributed by atoms with van der Waals surface area (Å²) in [6.07, 6.45) is 0. The minimum absolute atomic E-state index is 0.0795. The molecule has 2 aliphatic heterocycles. The molecule has 0 fully saturated rings. The molecular weight excluding hydrogens is 473 g/mol. The maximum absolute atomic E-state index is 6.54. The van der Waals surface area contributed by atoms with Crippen molar-refractivity contribution in [3.8, 4) is 33.4 Å². The third-order valence-electron chi connectivity index (χ3n) is 8.48. The molecule has 0 saturated carbocycles. The molecule has 39 heavy (non-hydrogen) atoms. The Morgan fingerprint density at radius 3 is 1.79 bits per heavy atom. The summed E-state index contributed by atoms with van der Waals surface area (Å²) in [5, 5.41) is 2.30. The molecule has 1 aromatic heterocycles. The van der Waals surface area contributed by atoms with Crippen LogP contribution in [0, 0.1) is 0 Å². The number of hydrogen-bond donors (Lipinski definition) is 0. The highest BCUT2D eigenvalue weighted by atomic mass is 16.3. The first-order valence-electron chi connectivity index (χ1n) is 13.5. The van der Waals surface area contributed by atoms with Crippen molar-refractivity contribution >= 4 is 51.1 Å². The minimum Gasteiger partial charge on any atom is -0.455 e. The van der Waals surface area contributed by atoms with Crippen LogP contribution in [0.3, 0.4) is 0 Å². The van der Waals surface area contributed by atoms with E-state index >= 15 is 0 Å². The quantitative estimate of drug-likeness (QED) is 0.214. The van der Waals surface area contributed by atoms with E-state index in [-0.39, 0.29) is 6.85 Å². The number of para-hydroxylation sites is 4. The number of nitrogens with zero attached hydrogens (tertiary/aromatic N) is 1. The van der Waals surface area contributed by atoms with Gasteiger partial charge in [0.1, 0.15) is 11.2 Å². The van der Waals surface area contributed by atoms with Gasteiger partial charge in [-0.25, -0.2) is 0 Å². The van der Waals surface area contributed by atoms with Crippen molar-refractivity contribution in [3.05, 3.63) is 133 Å². The van der Waals surface area contributed by atoms with E-state index in [1.54, 1.807) is 0 Å². The Morgan fingerprint density at radius 1 is 0.436 bits per heavy atom. The van der Waals surface area contributed by atoms with Crippen molar-refractivity contribution < 1.29 is 4.42 Å². The first-order valence-corrected chi connectivity index (χ1v) is 13.5. The van der Waals surface area contributed by atoms with Crippen LogP contribution in [-0.4, -0.2) is 6.85 Å². The molecule has 0 spiro atoms. The van der Waals surface area contributed by atoms with Crippen molar-refractivity contribution in [2.24, 2.45) is 0 Å². The SMILES string of the molecule is c1ccc2c(c1)B1c3ccccc3-c3cccc(-c4cccc5c4oc4ccccc45)c3N1c1ccccc1-2. The van der Waals surface area contributed by atoms with Crippen LogP contribution in [-0.2, 0) is 0 Å². The van der Waals surface area contributed by atoms with Gasteiger partial charge in [-0.15, -0.1) is 0 Å². The molecular formula is C36H22BNO. The Bertz CT molecular complexity index is 2110. The number of hydrogen-bond acceptors (Lipinski definition) is 2. The summed E-state index contributed by atoms with van der Waals surface area (Å²) >= 11 is 0. The first kappa shape index (κ1) is 21.0. The second-order valence-corrected chi connectivity index (χ2v) is 10.4. The van der Waals surface area contributed by atoms with E-state index in [4.69, 9.17) is 4.42 Å². The van der Waals surface area contributed by atoms with Gasteiger partial charge < -0.3 is 9.23 Å². The summed E-state index contributed by atoms with van der Waals surface area (Å²) in [7, 11) is 0. The van der Waals surface area contributed by atoms with E-state index < -0.39 is 0 Å². The van der Waals surface area contributed by atoms with Crippen LogP contribution < -0.4 is 15.7 Å². The molecule has 0 saturated heterocycles. The Hall–Kier alpha value is -5.02. The van der Waals surface area contributed by atoms with Crippen molar-refractivity contribution in [1.29, 1.82) is 0 Å². The normalized spacial score (nSPS) is 13.0. The number of rotatable bonds is 1. The predicted octanol–water partition coefficient (Wildman–Crippen LogP) is 8.16. The molecule has 7 aromatic rings. The van der Waals surface area contributed by atoms with Crippen molar-refractivity contribution in [2.45, 2.75) is 0 Å².